The van der Waals surface area contributed by atoms with Gasteiger partial charge in [-0.2, -0.15) is 5.26 Å². The zero-order valence-electron chi connectivity index (χ0n) is 13.5. The number of phenols is 1. The molecule has 0 aliphatic heterocycles. The second-order valence-corrected chi connectivity index (χ2v) is 6.04. The summed E-state index contributed by atoms with van der Waals surface area (Å²) in [5, 5.41) is 21.9. The van der Waals surface area contributed by atoms with E-state index in [1.807, 2.05) is 18.2 Å². The van der Waals surface area contributed by atoms with Gasteiger partial charge in [0.2, 0.25) is 5.75 Å². The van der Waals surface area contributed by atoms with E-state index < -0.39 is 5.91 Å². The molecule has 0 saturated carbocycles. The van der Waals surface area contributed by atoms with Gasteiger partial charge in [-0.15, -0.1) is 0 Å². The molecule has 7 heteroatoms. The maximum atomic E-state index is 12.4. The number of aromatic hydroxyl groups is 1. The Morgan fingerprint density at radius 1 is 1.24 bits per heavy atom. The van der Waals surface area contributed by atoms with Crippen molar-refractivity contribution < 1.29 is 19.4 Å². The normalized spacial score (nSPS) is 10.7. The molecule has 0 radical (unpaired) electrons. The average Bonchev–Trinajstić information content (AvgIpc) is 2.62. The Morgan fingerprint density at radius 2 is 1.84 bits per heavy atom. The van der Waals surface area contributed by atoms with Gasteiger partial charge in [-0.3, -0.25) is 4.79 Å². The highest BCUT2D eigenvalue weighted by Crippen LogP contribution is 2.37. The van der Waals surface area contributed by atoms with Crippen LogP contribution < -0.4 is 14.8 Å². The van der Waals surface area contributed by atoms with E-state index in [2.05, 4.69) is 27.9 Å². The number of nitriles is 1. The first-order chi connectivity index (χ1) is 12.0. The first kappa shape index (κ1) is 18.6. The summed E-state index contributed by atoms with van der Waals surface area (Å²) in [4.78, 5) is 12.4. The monoisotopic (exact) mass is 450 g/mol. The van der Waals surface area contributed by atoms with E-state index in [1.165, 1.54) is 32.4 Å². The summed E-state index contributed by atoms with van der Waals surface area (Å²) in [6.07, 6.45) is 1.40. The molecule has 2 aromatic carbocycles. The van der Waals surface area contributed by atoms with Crippen LogP contribution in [0.4, 0.5) is 5.69 Å². The number of carbonyl (C=O) groups is 1. The Balaban J connectivity index is 2.36. The van der Waals surface area contributed by atoms with E-state index >= 15 is 0 Å². The Kier molecular flexibility index (Phi) is 6.25. The van der Waals surface area contributed by atoms with Crippen LogP contribution in [0.25, 0.3) is 6.08 Å². The van der Waals surface area contributed by atoms with Crippen LogP contribution in [0.1, 0.15) is 5.56 Å². The van der Waals surface area contributed by atoms with Crippen LogP contribution in [0.5, 0.6) is 17.2 Å². The second kappa shape index (κ2) is 8.39. The van der Waals surface area contributed by atoms with Gasteiger partial charge in [-0.25, -0.2) is 0 Å². The van der Waals surface area contributed by atoms with Crippen LogP contribution in [0.2, 0.25) is 0 Å². The molecule has 128 valence electrons. The standard InChI is InChI=1S/C18H15IN2O4/c1-24-15-8-11(9-16(25-2)17(15)22)7-12(10-20)18(23)21-14-6-4-3-5-13(14)19/h3-9,22H,1-2H3,(H,21,23)/b12-7-. The number of anilines is 1. The summed E-state index contributed by atoms with van der Waals surface area (Å²) in [6.45, 7) is 0. The van der Waals surface area contributed by atoms with Crippen molar-refractivity contribution in [1.82, 2.24) is 0 Å². The number of hydrogen-bond acceptors (Lipinski definition) is 5. The molecule has 2 N–H and O–H groups in total. The molecular weight excluding hydrogens is 435 g/mol. The maximum absolute atomic E-state index is 12.4. The molecule has 2 rings (SSSR count). The number of amides is 1. The van der Waals surface area contributed by atoms with Gasteiger partial charge in [0.05, 0.1) is 19.9 Å². The van der Waals surface area contributed by atoms with Crippen molar-refractivity contribution in [2.24, 2.45) is 0 Å². The number of nitrogens with zero attached hydrogens (tertiary/aromatic N) is 1. The van der Waals surface area contributed by atoms with Crippen molar-refractivity contribution in [3.05, 3.63) is 51.1 Å². The van der Waals surface area contributed by atoms with Crippen LogP contribution in [0.15, 0.2) is 42.0 Å². The average molecular weight is 450 g/mol. The molecule has 0 aliphatic rings. The zero-order valence-corrected chi connectivity index (χ0v) is 15.7. The maximum Gasteiger partial charge on any atom is 0.266 e. The fraction of sp³-hybridized carbons (Fsp3) is 0.111. The number of rotatable bonds is 5. The molecule has 0 aromatic heterocycles. The lowest BCUT2D eigenvalue weighted by molar-refractivity contribution is -0.112. The fourth-order valence-electron chi connectivity index (χ4n) is 2.06. The lowest BCUT2D eigenvalue weighted by atomic mass is 10.1. The molecule has 0 atom stereocenters. The van der Waals surface area contributed by atoms with Gasteiger partial charge in [0.15, 0.2) is 11.5 Å². The fourth-order valence-corrected chi connectivity index (χ4v) is 2.59. The SMILES string of the molecule is COc1cc(/C=C(/C#N)C(=O)Nc2ccccc2I)cc(OC)c1O. The summed E-state index contributed by atoms with van der Waals surface area (Å²) in [5.74, 6) is -0.316. The first-order valence-electron chi connectivity index (χ1n) is 7.12. The van der Waals surface area contributed by atoms with E-state index in [9.17, 15) is 15.2 Å². The zero-order chi connectivity index (χ0) is 18.4. The lowest BCUT2D eigenvalue weighted by Crippen LogP contribution is -2.14. The van der Waals surface area contributed by atoms with Gasteiger partial charge in [-0.1, -0.05) is 12.1 Å². The Morgan fingerprint density at radius 3 is 2.36 bits per heavy atom. The highest BCUT2D eigenvalue weighted by Gasteiger charge is 2.14. The van der Waals surface area contributed by atoms with Crippen molar-refractivity contribution in [2.45, 2.75) is 0 Å². The lowest BCUT2D eigenvalue weighted by Gasteiger charge is -2.10. The number of hydrogen-bond donors (Lipinski definition) is 2. The third-order valence-corrected chi connectivity index (χ3v) is 4.24. The van der Waals surface area contributed by atoms with Gasteiger partial charge >= 0.3 is 0 Å². The van der Waals surface area contributed by atoms with Crippen LogP contribution in [-0.2, 0) is 4.79 Å². The van der Waals surface area contributed by atoms with Crippen LogP contribution in [-0.4, -0.2) is 25.2 Å². The highest BCUT2D eigenvalue weighted by molar-refractivity contribution is 14.1. The number of nitrogens with one attached hydrogen (secondary N) is 1. The van der Waals surface area contributed by atoms with Crippen molar-refractivity contribution >= 4 is 40.3 Å². The highest BCUT2D eigenvalue weighted by atomic mass is 127. The third kappa shape index (κ3) is 4.42. The molecule has 2 aromatic rings. The van der Waals surface area contributed by atoms with Crippen LogP contribution >= 0.6 is 22.6 Å². The molecule has 0 bridgehead atoms. The number of carbonyl (C=O) groups excluding carboxylic acids is 1. The molecule has 6 nitrogen and oxygen atoms in total. The van der Waals surface area contributed by atoms with E-state index in [-0.39, 0.29) is 22.8 Å². The van der Waals surface area contributed by atoms with Crippen LogP contribution in [0, 0.1) is 14.9 Å². The number of para-hydroxylation sites is 1. The van der Waals surface area contributed by atoms with Crippen molar-refractivity contribution in [3.63, 3.8) is 0 Å². The Labute approximate surface area is 158 Å². The molecule has 0 spiro atoms. The summed E-state index contributed by atoms with van der Waals surface area (Å²) in [7, 11) is 2.80. The van der Waals surface area contributed by atoms with Gasteiger partial charge < -0.3 is 19.9 Å². The summed E-state index contributed by atoms with van der Waals surface area (Å²) in [5.41, 5.74) is 1.02. The van der Waals surface area contributed by atoms with E-state index in [1.54, 1.807) is 12.1 Å². The molecule has 25 heavy (non-hydrogen) atoms. The number of halogens is 1. The predicted octanol–water partition coefficient (Wildman–Crippen LogP) is 3.56. The minimum Gasteiger partial charge on any atom is -0.502 e. The smallest absolute Gasteiger partial charge is 0.266 e. The number of methoxy groups -OCH3 is 2. The van der Waals surface area contributed by atoms with Gasteiger partial charge in [0, 0.05) is 3.57 Å². The van der Waals surface area contributed by atoms with E-state index in [4.69, 9.17) is 9.47 Å². The van der Waals surface area contributed by atoms with Crippen LogP contribution in [0.3, 0.4) is 0 Å². The summed E-state index contributed by atoms with van der Waals surface area (Å²) < 4.78 is 11.0. The topological polar surface area (TPSA) is 91.6 Å². The van der Waals surface area contributed by atoms with E-state index in [0.717, 1.165) is 3.57 Å². The molecular formula is C18H15IN2O4. The molecule has 1 amide bonds. The van der Waals surface area contributed by atoms with Gasteiger partial charge in [-0.05, 0) is 58.5 Å². The van der Waals surface area contributed by atoms with Gasteiger partial charge in [0.1, 0.15) is 11.6 Å². The minimum absolute atomic E-state index is 0.0885. The predicted molar refractivity (Wildman–Crippen MR) is 103 cm³/mol. The first-order valence-corrected chi connectivity index (χ1v) is 8.20. The number of benzene rings is 2. The van der Waals surface area contributed by atoms with Crippen molar-refractivity contribution in [1.29, 1.82) is 5.26 Å². The third-order valence-electron chi connectivity index (χ3n) is 3.30. The number of phenolic OH excluding ortho intramolecular Hbond substituents is 1. The van der Waals surface area contributed by atoms with Crippen molar-refractivity contribution in [3.8, 4) is 23.3 Å². The largest absolute Gasteiger partial charge is 0.502 e. The molecule has 0 heterocycles. The van der Waals surface area contributed by atoms with E-state index in [0.29, 0.717) is 11.3 Å². The Hall–Kier alpha value is -2.73. The Bertz CT molecular complexity index is 847. The quantitative estimate of drug-likeness (QED) is 0.413. The summed E-state index contributed by atoms with van der Waals surface area (Å²) in [6, 6.07) is 12.1. The number of ether oxygens (including phenoxy) is 2. The molecule has 0 unspecified atom stereocenters. The molecule has 0 saturated heterocycles. The minimum atomic E-state index is -0.530. The van der Waals surface area contributed by atoms with Gasteiger partial charge in [0.25, 0.3) is 5.91 Å². The van der Waals surface area contributed by atoms with Crippen molar-refractivity contribution in [2.75, 3.05) is 19.5 Å². The molecule has 0 fully saturated rings. The molecule has 0 aliphatic carbocycles. The second-order valence-electron chi connectivity index (χ2n) is 4.88. The summed E-state index contributed by atoms with van der Waals surface area (Å²) >= 11 is 2.10.